The second-order valence-corrected chi connectivity index (χ2v) is 6.83. The number of rotatable bonds is 4. The molecule has 0 saturated heterocycles. The van der Waals surface area contributed by atoms with Crippen LogP contribution in [0.3, 0.4) is 0 Å². The van der Waals surface area contributed by atoms with Gasteiger partial charge in [-0.3, -0.25) is 0 Å². The molecule has 0 saturated carbocycles. The molecule has 1 N–H and O–H groups in total. The highest BCUT2D eigenvalue weighted by Gasteiger charge is 2.11. The molecular formula is C20H19BrN4O. The van der Waals surface area contributed by atoms with Gasteiger partial charge in [0.2, 0.25) is 0 Å². The van der Waals surface area contributed by atoms with Gasteiger partial charge < -0.3 is 10.2 Å². The number of aromatic nitrogens is 2. The number of amides is 2. The van der Waals surface area contributed by atoms with Crippen molar-refractivity contribution in [3.05, 3.63) is 76.5 Å². The van der Waals surface area contributed by atoms with E-state index in [1.165, 1.54) is 0 Å². The molecule has 6 heteroatoms. The van der Waals surface area contributed by atoms with Gasteiger partial charge in [0, 0.05) is 41.2 Å². The first kappa shape index (κ1) is 18.1. The predicted octanol–water partition coefficient (Wildman–Crippen LogP) is 4.88. The second-order valence-electron chi connectivity index (χ2n) is 5.98. The molecule has 1 heterocycles. The molecule has 0 atom stereocenters. The van der Waals surface area contributed by atoms with E-state index in [0.29, 0.717) is 12.4 Å². The summed E-state index contributed by atoms with van der Waals surface area (Å²) in [5, 5.41) is 2.90. The van der Waals surface area contributed by atoms with Gasteiger partial charge in [-0.05, 0) is 48.9 Å². The van der Waals surface area contributed by atoms with Crippen LogP contribution in [0, 0.1) is 6.92 Å². The standard InChI is InChI=1S/C20H19BrN4O/c1-14-11-12-22-19(23-14)15-7-9-17(10-8-15)24-20(26)25(2)13-16-5-3-4-6-18(16)21/h3-12H,13H2,1-2H3,(H,24,26). The Bertz CT molecular complexity index is 912. The van der Waals surface area contributed by atoms with E-state index in [9.17, 15) is 4.79 Å². The normalized spacial score (nSPS) is 10.4. The number of nitrogens with zero attached hydrogens (tertiary/aromatic N) is 3. The van der Waals surface area contributed by atoms with Crippen molar-refractivity contribution in [2.24, 2.45) is 0 Å². The Morgan fingerprint density at radius 1 is 1.12 bits per heavy atom. The number of hydrogen-bond donors (Lipinski definition) is 1. The number of anilines is 1. The predicted molar refractivity (Wildman–Crippen MR) is 107 cm³/mol. The maximum atomic E-state index is 12.4. The van der Waals surface area contributed by atoms with Crippen LogP contribution in [0.1, 0.15) is 11.3 Å². The van der Waals surface area contributed by atoms with Crippen molar-refractivity contribution in [2.45, 2.75) is 13.5 Å². The molecule has 0 spiro atoms. The smallest absolute Gasteiger partial charge is 0.321 e. The molecule has 132 valence electrons. The summed E-state index contributed by atoms with van der Waals surface area (Å²) in [4.78, 5) is 22.7. The van der Waals surface area contributed by atoms with Crippen molar-refractivity contribution in [3.8, 4) is 11.4 Å². The third-order valence-corrected chi connectivity index (χ3v) is 4.67. The summed E-state index contributed by atoms with van der Waals surface area (Å²) >= 11 is 3.51. The molecule has 26 heavy (non-hydrogen) atoms. The van der Waals surface area contributed by atoms with E-state index < -0.39 is 0 Å². The molecule has 0 aliphatic heterocycles. The number of benzene rings is 2. The molecule has 2 aromatic carbocycles. The molecular weight excluding hydrogens is 392 g/mol. The third-order valence-electron chi connectivity index (χ3n) is 3.90. The third kappa shape index (κ3) is 4.46. The van der Waals surface area contributed by atoms with E-state index in [2.05, 4.69) is 31.2 Å². The van der Waals surface area contributed by atoms with E-state index in [1.807, 2.05) is 61.5 Å². The van der Waals surface area contributed by atoms with Gasteiger partial charge in [0.15, 0.2) is 5.82 Å². The van der Waals surface area contributed by atoms with E-state index in [0.717, 1.165) is 27.0 Å². The maximum Gasteiger partial charge on any atom is 0.321 e. The van der Waals surface area contributed by atoms with Crippen LogP contribution >= 0.6 is 15.9 Å². The molecule has 0 fully saturated rings. The van der Waals surface area contributed by atoms with Gasteiger partial charge in [-0.25, -0.2) is 14.8 Å². The number of aryl methyl sites for hydroxylation is 1. The molecule has 0 bridgehead atoms. The van der Waals surface area contributed by atoms with Crippen LogP contribution in [0.4, 0.5) is 10.5 Å². The maximum absolute atomic E-state index is 12.4. The summed E-state index contributed by atoms with van der Waals surface area (Å²) in [5.41, 5.74) is 3.61. The molecule has 0 radical (unpaired) electrons. The lowest BCUT2D eigenvalue weighted by Gasteiger charge is -2.19. The lowest BCUT2D eigenvalue weighted by molar-refractivity contribution is 0.220. The highest BCUT2D eigenvalue weighted by atomic mass is 79.9. The molecule has 0 unspecified atom stereocenters. The topological polar surface area (TPSA) is 58.1 Å². The van der Waals surface area contributed by atoms with Crippen LogP contribution in [-0.2, 0) is 6.54 Å². The van der Waals surface area contributed by atoms with Crippen LogP contribution in [0.15, 0.2) is 65.3 Å². The number of nitrogens with one attached hydrogen (secondary N) is 1. The van der Waals surface area contributed by atoms with E-state index in [-0.39, 0.29) is 6.03 Å². The number of halogens is 1. The Balaban J connectivity index is 1.65. The fraction of sp³-hybridized carbons (Fsp3) is 0.150. The largest absolute Gasteiger partial charge is 0.323 e. The van der Waals surface area contributed by atoms with E-state index in [1.54, 1.807) is 18.1 Å². The van der Waals surface area contributed by atoms with Crippen LogP contribution in [0.25, 0.3) is 11.4 Å². The average molecular weight is 411 g/mol. The fourth-order valence-electron chi connectivity index (χ4n) is 2.46. The Morgan fingerprint density at radius 3 is 2.54 bits per heavy atom. The van der Waals surface area contributed by atoms with Crippen LogP contribution < -0.4 is 5.32 Å². The molecule has 0 aliphatic rings. The minimum atomic E-state index is -0.166. The Kier molecular flexibility index (Phi) is 5.63. The van der Waals surface area contributed by atoms with Gasteiger partial charge in [-0.15, -0.1) is 0 Å². The first-order valence-corrected chi connectivity index (χ1v) is 8.98. The van der Waals surface area contributed by atoms with Crippen LogP contribution in [-0.4, -0.2) is 27.9 Å². The summed E-state index contributed by atoms with van der Waals surface area (Å²) in [7, 11) is 1.77. The van der Waals surface area contributed by atoms with Gasteiger partial charge in [-0.1, -0.05) is 34.1 Å². The summed E-state index contributed by atoms with van der Waals surface area (Å²) in [6.07, 6.45) is 1.74. The van der Waals surface area contributed by atoms with Gasteiger partial charge in [0.05, 0.1) is 0 Å². The van der Waals surface area contributed by atoms with Crippen molar-refractivity contribution in [2.75, 3.05) is 12.4 Å². The number of carbonyl (C=O) groups excluding carboxylic acids is 1. The lowest BCUT2D eigenvalue weighted by Crippen LogP contribution is -2.30. The zero-order valence-corrected chi connectivity index (χ0v) is 16.2. The Morgan fingerprint density at radius 2 is 1.85 bits per heavy atom. The zero-order valence-electron chi connectivity index (χ0n) is 14.6. The van der Waals surface area contributed by atoms with Crippen LogP contribution in [0.2, 0.25) is 0 Å². The van der Waals surface area contributed by atoms with Crippen molar-refractivity contribution in [3.63, 3.8) is 0 Å². The van der Waals surface area contributed by atoms with Crippen LogP contribution in [0.5, 0.6) is 0 Å². The van der Waals surface area contributed by atoms with Gasteiger partial charge in [-0.2, -0.15) is 0 Å². The summed E-state index contributed by atoms with van der Waals surface area (Å²) in [5.74, 6) is 0.675. The zero-order chi connectivity index (χ0) is 18.5. The molecule has 5 nitrogen and oxygen atoms in total. The molecule has 2 amide bonds. The van der Waals surface area contributed by atoms with Gasteiger partial charge in [0.1, 0.15) is 0 Å². The minimum Gasteiger partial charge on any atom is -0.323 e. The minimum absolute atomic E-state index is 0.166. The van der Waals surface area contributed by atoms with Crippen molar-refractivity contribution < 1.29 is 4.79 Å². The number of hydrogen-bond acceptors (Lipinski definition) is 3. The summed E-state index contributed by atoms with van der Waals surface area (Å²) in [6.45, 7) is 2.45. The second kappa shape index (κ2) is 8.10. The first-order valence-electron chi connectivity index (χ1n) is 8.18. The molecule has 3 aromatic rings. The highest BCUT2D eigenvalue weighted by Crippen LogP contribution is 2.20. The molecule has 1 aromatic heterocycles. The monoisotopic (exact) mass is 410 g/mol. The van der Waals surface area contributed by atoms with E-state index in [4.69, 9.17) is 0 Å². The summed E-state index contributed by atoms with van der Waals surface area (Å²) in [6, 6.07) is 17.1. The Hall–Kier alpha value is -2.73. The van der Waals surface area contributed by atoms with Crippen molar-refractivity contribution >= 4 is 27.6 Å². The van der Waals surface area contributed by atoms with E-state index >= 15 is 0 Å². The lowest BCUT2D eigenvalue weighted by atomic mass is 10.2. The Labute approximate surface area is 161 Å². The van der Waals surface area contributed by atoms with Gasteiger partial charge in [0.25, 0.3) is 0 Å². The SMILES string of the molecule is Cc1ccnc(-c2ccc(NC(=O)N(C)Cc3ccccc3Br)cc2)n1. The van der Waals surface area contributed by atoms with Crippen molar-refractivity contribution in [1.29, 1.82) is 0 Å². The van der Waals surface area contributed by atoms with Crippen molar-refractivity contribution in [1.82, 2.24) is 14.9 Å². The molecule has 3 rings (SSSR count). The summed E-state index contributed by atoms with van der Waals surface area (Å²) < 4.78 is 0.988. The number of urea groups is 1. The first-order chi connectivity index (χ1) is 12.5. The quantitative estimate of drug-likeness (QED) is 0.666. The number of carbonyl (C=O) groups is 1. The fourth-order valence-corrected chi connectivity index (χ4v) is 2.87. The average Bonchev–Trinajstić information content (AvgIpc) is 2.64. The molecule has 0 aliphatic carbocycles. The highest BCUT2D eigenvalue weighted by molar-refractivity contribution is 9.10. The van der Waals surface area contributed by atoms with Gasteiger partial charge >= 0.3 is 6.03 Å².